The van der Waals surface area contributed by atoms with Crippen molar-refractivity contribution in [2.45, 2.75) is 13.5 Å². The van der Waals surface area contributed by atoms with Crippen LogP contribution in [0.3, 0.4) is 0 Å². The number of benzene rings is 2. The van der Waals surface area contributed by atoms with Gasteiger partial charge in [0.2, 0.25) is 11.8 Å². The summed E-state index contributed by atoms with van der Waals surface area (Å²) in [6, 6.07) is 13.5. The third kappa shape index (κ3) is 7.22. The zero-order chi connectivity index (χ0) is 30.4. The summed E-state index contributed by atoms with van der Waals surface area (Å²) in [4.78, 5) is 42.5. The van der Waals surface area contributed by atoms with Crippen LogP contribution in [0.5, 0.6) is 5.75 Å². The second-order valence-electron chi connectivity index (χ2n) is 9.03. The molecule has 4 amide bonds. The van der Waals surface area contributed by atoms with Crippen molar-refractivity contribution in [3.05, 3.63) is 92.3 Å². The number of amides is 4. The van der Waals surface area contributed by atoms with Crippen LogP contribution < -0.4 is 25.6 Å². The number of carbonyl (C=O) groups is 3. The number of aromatic nitrogens is 2. The summed E-state index contributed by atoms with van der Waals surface area (Å²) in [5, 5.41) is 8.33. The Morgan fingerprint density at radius 2 is 1.86 bits per heavy atom. The van der Waals surface area contributed by atoms with Gasteiger partial charge in [-0.2, -0.15) is 0 Å². The van der Waals surface area contributed by atoms with E-state index in [1.165, 1.54) is 18.0 Å². The summed E-state index contributed by atoms with van der Waals surface area (Å²) in [6.45, 7) is 1.67. The zero-order valence-electron chi connectivity index (χ0n) is 22.9. The summed E-state index contributed by atoms with van der Waals surface area (Å²) in [7, 11) is 3.08. The number of fused-ring (bicyclic) bond motifs is 1. The fraction of sp³-hybridized carbons (Fsp3) is 0.172. The number of likely N-dealkylation sites (N-methyl/N-ethyl adjacent to an activating group) is 1. The van der Waals surface area contributed by atoms with Crippen LogP contribution in [0, 0.1) is 6.92 Å². The van der Waals surface area contributed by atoms with Gasteiger partial charge in [-0.05, 0) is 70.9 Å². The van der Waals surface area contributed by atoms with Gasteiger partial charge in [0.25, 0.3) is 0 Å². The third-order valence-corrected chi connectivity index (χ3v) is 7.96. The number of hydrogen-bond acceptors (Lipinski definition) is 5. The van der Waals surface area contributed by atoms with Crippen molar-refractivity contribution in [3.63, 3.8) is 0 Å². The second-order valence-corrected chi connectivity index (χ2v) is 10.6. The molecule has 218 valence electrons. The van der Waals surface area contributed by atoms with Crippen LogP contribution in [-0.4, -0.2) is 47.9 Å². The molecule has 10 nitrogen and oxygen atoms in total. The van der Waals surface area contributed by atoms with Crippen LogP contribution in [0.2, 0.25) is 10.0 Å². The van der Waals surface area contributed by atoms with Crippen molar-refractivity contribution >= 4 is 80.1 Å². The number of imidazole rings is 1. The molecule has 0 bridgehead atoms. The predicted octanol–water partition coefficient (Wildman–Crippen LogP) is 5.83. The first-order valence-corrected chi connectivity index (χ1v) is 14.2. The zero-order valence-corrected chi connectivity index (χ0v) is 26.0. The van der Waals surface area contributed by atoms with E-state index in [0.29, 0.717) is 33.4 Å². The SMILES string of the molecule is CNC(=O)Nc1ccc(C=CC(=O)NCC(=O)N(C)c2ccc(Cl)c(COc3cccn4c(Br)c(C)nc34)c2Cl)cc1. The number of carbonyl (C=O) groups excluding carboxylic acids is 3. The normalized spacial score (nSPS) is 11.0. The largest absolute Gasteiger partial charge is 0.485 e. The predicted molar refractivity (Wildman–Crippen MR) is 168 cm³/mol. The average Bonchev–Trinajstić information content (AvgIpc) is 3.28. The van der Waals surface area contributed by atoms with E-state index >= 15 is 0 Å². The maximum atomic E-state index is 12.9. The van der Waals surface area contributed by atoms with E-state index in [1.54, 1.807) is 55.6 Å². The number of nitrogens with zero attached hydrogens (tertiary/aromatic N) is 3. The van der Waals surface area contributed by atoms with Gasteiger partial charge in [0, 0.05) is 42.6 Å². The van der Waals surface area contributed by atoms with Gasteiger partial charge in [-0.25, -0.2) is 9.78 Å². The molecule has 4 aromatic rings. The topological polar surface area (TPSA) is 117 Å². The lowest BCUT2D eigenvalue weighted by molar-refractivity contribution is -0.122. The average molecular weight is 674 g/mol. The van der Waals surface area contributed by atoms with Crippen LogP contribution in [0.1, 0.15) is 16.8 Å². The molecule has 2 aromatic heterocycles. The van der Waals surface area contributed by atoms with Crippen molar-refractivity contribution < 1.29 is 19.1 Å². The van der Waals surface area contributed by atoms with Gasteiger partial charge in [-0.15, -0.1) is 0 Å². The van der Waals surface area contributed by atoms with Gasteiger partial charge in [0.15, 0.2) is 11.4 Å². The van der Waals surface area contributed by atoms with Crippen LogP contribution in [0.25, 0.3) is 11.7 Å². The minimum absolute atomic E-state index is 0.0428. The van der Waals surface area contributed by atoms with Crippen molar-refractivity contribution in [1.29, 1.82) is 0 Å². The molecular formula is C29H27BrCl2N6O4. The van der Waals surface area contributed by atoms with Gasteiger partial charge in [-0.3, -0.25) is 14.0 Å². The van der Waals surface area contributed by atoms with Crippen LogP contribution in [-0.2, 0) is 16.2 Å². The number of urea groups is 1. The number of hydrogen-bond donors (Lipinski definition) is 3. The van der Waals surface area contributed by atoms with Crippen molar-refractivity contribution in [2.75, 3.05) is 30.9 Å². The molecule has 3 N–H and O–H groups in total. The minimum atomic E-state index is -0.448. The highest BCUT2D eigenvalue weighted by Gasteiger charge is 2.20. The first-order chi connectivity index (χ1) is 20.1. The van der Waals surface area contributed by atoms with Gasteiger partial charge in [0.05, 0.1) is 22.9 Å². The lowest BCUT2D eigenvalue weighted by atomic mass is 10.2. The van der Waals surface area contributed by atoms with Crippen molar-refractivity contribution in [2.24, 2.45) is 0 Å². The fourth-order valence-corrected chi connectivity index (χ4v) is 4.87. The summed E-state index contributed by atoms with van der Waals surface area (Å²) < 4.78 is 8.73. The molecule has 0 spiro atoms. The molecule has 2 aromatic carbocycles. The van der Waals surface area contributed by atoms with Crippen molar-refractivity contribution in [1.82, 2.24) is 20.0 Å². The number of halogens is 3. The molecule has 0 unspecified atom stereocenters. The Morgan fingerprint density at radius 3 is 2.57 bits per heavy atom. The number of pyridine rings is 1. The highest BCUT2D eigenvalue weighted by atomic mass is 79.9. The van der Waals surface area contributed by atoms with Crippen molar-refractivity contribution in [3.8, 4) is 5.75 Å². The molecular weight excluding hydrogens is 647 g/mol. The Morgan fingerprint density at radius 1 is 1.12 bits per heavy atom. The Kier molecular flexibility index (Phi) is 10.1. The van der Waals surface area contributed by atoms with E-state index in [0.717, 1.165) is 15.9 Å². The third-order valence-electron chi connectivity index (χ3n) is 6.22. The van der Waals surface area contributed by atoms with Crippen LogP contribution in [0.4, 0.5) is 16.2 Å². The quantitative estimate of drug-likeness (QED) is 0.193. The Hall–Kier alpha value is -4.06. The Labute approximate surface area is 260 Å². The van der Waals surface area contributed by atoms with Crippen LogP contribution in [0.15, 0.2) is 65.4 Å². The molecule has 42 heavy (non-hydrogen) atoms. The number of ether oxygens (including phenoxy) is 1. The lowest BCUT2D eigenvalue weighted by Crippen LogP contribution is -2.37. The van der Waals surface area contributed by atoms with E-state index < -0.39 is 5.91 Å². The summed E-state index contributed by atoms with van der Waals surface area (Å²) in [5.74, 6) is -0.295. The lowest BCUT2D eigenvalue weighted by Gasteiger charge is -2.21. The molecule has 0 atom stereocenters. The molecule has 0 aliphatic rings. The molecule has 0 radical (unpaired) electrons. The molecule has 4 rings (SSSR count). The highest BCUT2D eigenvalue weighted by molar-refractivity contribution is 9.10. The molecule has 2 heterocycles. The van der Waals surface area contributed by atoms with Gasteiger partial charge in [-0.1, -0.05) is 35.3 Å². The minimum Gasteiger partial charge on any atom is -0.485 e. The fourth-order valence-electron chi connectivity index (χ4n) is 3.88. The Balaban J connectivity index is 1.37. The number of anilines is 2. The molecule has 0 saturated heterocycles. The number of rotatable bonds is 9. The maximum Gasteiger partial charge on any atom is 0.318 e. The summed E-state index contributed by atoms with van der Waals surface area (Å²) in [6.07, 6.45) is 4.78. The summed E-state index contributed by atoms with van der Waals surface area (Å²) >= 11 is 16.6. The second kappa shape index (κ2) is 13.7. The summed E-state index contributed by atoms with van der Waals surface area (Å²) in [5.41, 5.74) is 3.72. The molecule has 0 fully saturated rings. The molecule has 0 saturated carbocycles. The first kappa shape index (κ1) is 30.9. The first-order valence-electron chi connectivity index (χ1n) is 12.6. The standard InChI is InChI=1S/C29H27BrCl2N6O4/c1-17-27(30)38-14-4-5-23(28(38)35-17)42-16-20-21(31)11-12-22(26(20)32)37(3)25(40)15-34-24(39)13-8-18-6-9-19(10-7-18)36-29(41)33-2/h4-14H,15-16H2,1-3H3,(H,34,39)(H2,33,36,41). The highest BCUT2D eigenvalue weighted by Crippen LogP contribution is 2.35. The molecule has 0 aliphatic carbocycles. The van der Waals surface area contributed by atoms with E-state index in [2.05, 4.69) is 36.9 Å². The maximum absolute atomic E-state index is 12.9. The Bertz CT molecular complexity index is 1670. The smallest absolute Gasteiger partial charge is 0.318 e. The number of aryl methyl sites for hydroxylation is 1. The van der Waals surface area contributed by atoms with Gasteiger partial charge >= 0.3 is 6.03 Å². The molecule has 13 heteroatoms. The van der Waals surface area contributed by atoms with E-state index in [4.69, 9.17) is 27.9 Å². The van der Waals surface area contributed by atoms with E-state index in [-0.39, 0.29) is 30.1 Å². The van der Waals surface area contributed by atoms with E-state index in [9.17, 15) is 14.4 Å². The van der Waals surface area contributed by atoms with Gasteiger partial charge < -0.3 is 25.6 Å². The van der Waals surface area contributed by atoms with Crippen LogP contribution >= 0.6 is 39.1 Å². The van der Waals surface area contributed by atoms with E-state index in [1.807, 2.05) is 23.6 Å². The van der Waals surface area contributed by atoms with Gasteiger partial charge in [0.1, 0.15) is 11.2 Å². The molecule has 0 aliphatic heterocycles. The monoisotopic (exact) mass is 672 g/mol. The number of nitrogens with one attached hydrogen (secondary N) is 3.